The van der Waals surface area contributed by atoms with E-state index in [1.807, 2.05) is 25.7 Å². The second-order valence-electron chi connectivity index (χ2n) is 7.95. The smallest absolute Gasteiger partial charge is 0.237 e. The molecule has 0 aliphatic carbocycles. The van der Waals surface area contributed by atoms with Gasteiger partial charge in [0.2, 0.25) is 5.91 Å². The van der Waals surface area contributed by atoms with Crippen molar-refractivity contribution in [3.63, 3.8) is 0 Å². The van der Waals surface area contributed by atoms with Crippen molar-refractivity contribution in [2.75, 3.05) is 6.54 Å². The minimum Gasteiger partial charge on any atom is -0.351 e. The summed E-state index contributed by atoms with van der Waals surface area (Å²) in [6.07, 6.45) is 0.704. The third-order valence-electron chi connectivity index (χ3n) is 3.72. The predicted molar refractivity (Wildman–Crippen MR) is 98.1 cm³/mol. The fraction of sp³-hybridized carbons (Fsp3) is 0.650. The van der Waals surface area contributed by atoms with Gasteiger partial charge in [-0.25, -0.2) is 8.78 Å². The number of rotatable bonds is 4. The van der Waals surface area contributed by atoms with E-state index in [-0.39, 0.29) is 24.5 Å². The SMILES string of the molecule is CC(C)C.CC(C)CC1C(=O)NC(C)CN1Cc1cc(F)ccc1F. The van der Waals surface area contributed by atoms with E-state index in [1.54, 1.807) is 0 Å². The fourth-order valence-corrected chi connectivity index (χ4v) is 2.79. The molecule has 1 aliphatic rings. The Balaban J connectivity index is 0.000000705. The Bertz CT molecular complexity index is 558. The Kier molecular flexibility index (Phi) is 8.50. The molecular formula is C20H32F2N2O. The summed E-state index contributed by atoms with van der Waals surface area (Å²) in [5, 5.41) is 2.93. The van der Waals surface area contributed by atoms with Crippen molar-refractivity contribution >= 4 is 5.91 Å². The van der Waals surface area contributed by atoms with E-state index in [0.717, 1.165) is 18.1 Å². The number of hydrogen-bond donors (Lipinski definition) is 1. The highest BCUT2D eigenvalue weighted by atomic mass is 19.1. The molecule has 1 aromatic carbocycles. The average Bonchev–Trinajstić information content (AvgIpc) is 2.45. The Morgan fingerprint density at radius 2 is 1.80 bits per heavy atom. The number of nitrogens with one attached hydrogen (secondary N) is 1. The maximum Gasteiger partial charge on any atom is 0.237 e. The number of piperazine rings is 1. The molecule has 0 saturated carbocycles. The molecule has 1 N–H and O–H groups in total. The lowest BCUT2D eigenvalue weighted by Crippen LogP contribution is -2.59. The van der Waals surface area contributed by atoms with Crippen LogP contribution in [0, 0.1) is 23.5 Å². The maximum absolute atomic E-state index is 13.8. The van der Waals surface area contributed by atoms with E-state index < -0.39 is 11.6 Å². The second kappa shape index (κ2) is 9.85. The van der Waals surface area contributed by atoms with Gasteiger partial charge in [-0.15, -0.1) is 0 Å². The minimum absolute atomic E-state index is 0.0116. The van der Waals surface area contributed by atoms with Crippen LogP contribution in [-0.4, -0.2) is 29.4 Å². The molecule has 1 heterocycles. The highest BCUT2D eigenvalue weighted by Gasteiger charge is 2.33. The number of nitrogens with zero attached hydrogens (tertiary/aromatic N) is 1. The molecule has 0 radical (unpaired) electrons. The van der Waals surface area contributed by atoms with Gasteiger partial charge in [-0.1, -0.05) is 34.6 Å². The van der Waals surface area contributed by atoms with E-state index in [0.29, 0.717) is 24.4 Å². The first-order chi connectivity index (χ1) is 11.6. The van der Waals surface area contributed by atoms with Gasteiger partial charge < -0.3 is 5.32 Å². The number of hydrogen-bond acceptors (Lipinski definition) is 2. The highest BCUT2D eigenvalue weighted by Crippen LogP contribution is 2.21. The van der Waals surface area contributed by atoms with Gasteiger partial charge in [-0.3, -0.25) is 9.69 Å². The molecule has 3 nitrogen and oxygen atoms in total. The zero-order valence-corrected chi connectivity index (χ0v) is 16.3. The topological polar surface area (TPSA) is 32.3 Å². The van der Waals surface area contributed by atoms with Crippen LogP contribution >= 0.6 is 0 Å². The summed E-state index contributed by atoms with van der Waals surface area (Å²) in [7, 11) is 0. The van der Waals surface area contributed by atoms with E-state index in [2.05, 4.69) is 26.1 Å². The Morgan fingerprint density at radius 3 is 2.36 bits per heavy atom. The first-order valence-electron chi connectivity index (χ1n) is 9.08. The lowest BCUT2D eigenvalue weighted by Gasteiger charge is -2.39. The summed E-state index contributed by atoms with van der Waals surface area (Å²) in [6.45, 7) is 13.4. The van der Waals surface area contributed by atoms with Crippen molar-refractivity contribution in [2.45, 2.75) is 66.6 Å². The monoisotopic (exact) mass is 354 g/mol. The Labute approximate surface area is 150 Å². The van der Waals surface area contributed by atoms with Crippen LogP contribution < -0.4 is 5.32 Å². The maximum atomic E-state index is 13.8. The van der Waals surface area contributed by atoms with Crippen LogP contribution in [0.25, 0.3) is 0 Å². The van der Waals surface area contributed by atoms with E-state index in [1.165, 1.54) is 6.07 Å². The van der Waals surface area contributed by atoms with Gasteiger partial charge in [0.1, 0.15) is 11.6 Å². The predicted octanol–water partition coefficient (Wildman–Crippen LogP) is 4.36. The molecule has 1 fully saturated rings. The van der Waals surface area contributed by atoms with Crippen LogP contribution in [0.2, 0.25) is 0 Å². The van der Waals surface area contributed by atoms with Crippen LogP contribution in [0.5, 0.6) is 0 Å². The van der Waals surface area contributed by atoms with Gasteiger partial charge in [0.15, 0.2) is 0 Å². The summed E-state index contributed by atoms with van der Waals surface area (Å²) >= 11 is 0. The lowest BCUT2D eigenvalue weighted by atomic mass is 9.98. The highest BCUT2D eigenvalue weighted by molar-refractivity contribution is 5.82. The van der Waals surface area contributed by atoms with Crippen molar-refractivity contribution in [3.05, 3.63) is 35.4 Å². The standard InChI is InChI=1S/C16H22F2N2O.C4H10/c1-10(2)6-15-16(21)19-11(3)8-20(15)9-12-7-13(17)4-5-14(12)18;1-4(2)3/h4-5,7,10-11,15H,6,8-9H2,1-3H3,(H,19,21);4H,1-3H3. The molecule has 2 unspecified atom stereocenters. The molecule has 142 valence electrons. The summed E-state index contributed by atoms with van der Waals surface area (Å²) < 4.78 is 27.1. The third kappa shape index (κ3) is 7.51. The molecule has 25 heavy (non-hydrogen) atoms. The van der Waals surface area contributed by atoms with E-state index in [9.17, 15) is 13.6 Å². The molecule has 2 atom stereocenters. The zero-order chi connectivity index (χ0) is 19.1. The molecule has 0 bridgehead atoms. The minimum atomic E-state index is -0.457. The molecule has 1 aliphatic heterocycles. The molecule has 5 heteroatoms. The van der Waals surface area contributed by atoms with Crippen LogP contribution in [0.4, 0.5) is 8.78 Å². The quantitative estimate of drug-likeness (QED) is 0.871. The van der Waals surface area contributed by atoms with Crippen LogP contribution in [-0.2, 0) is 11.3 Å². The second-order valence-corrected chi connectivity index (χ2v) is 7.95. The van der Waals surface area contributed by atoms with Crippen molar-refractivity contribution in [3.8, 4) is 0 Å². The van der Waals surface area contributed by atoms with Crippen molar-refractivity contribution in [1.82, 2.24) is 10.2 Å². The van der Waals surface area contributed by atoms with Gasteiger partial charge in [0.05, 0.1) is 6.04 Å². The first kappa shape index (κ1) is 21.6. The molecular weight excluding hydrogens is 322 g/mol. The van der Waals surface area contributed by atoms with Gasteiger partial charge in [-0.2, -0.15) is 0 Å². The molecule has 2 rings (SSSR count). The fourth-order valence-electron chi connectivity index (χ4n) is 2.79. The van der Waals surface area contributed by atoms with Gasteiger partial charge in [0.25, 0.3) is 0 Å². The summed E-state index contributed by atoms with van der Waals surface area (Å²) in [5.41, 5.74) is 0.297. The summed E-state index contributed by atoms with van der Waals surface area (Å²) in [5.74, 6) is 0.271. The molecule has 0 aromatic heterocycles. The molecule has 1 saturated heterocycles. The third-order valence-corrected chi connectivity index (χ3v) is 3.72. The van der Waals surface area contributed by atoms with E-state index in [4.69, 9.17) is 0 Å². The lowest BCUT2D eigenvalue weighted by molar-refractivity contribution is -0.131. The normalized spacial score (nSPS) is 21.1. The zero-order valence-electron chi connectivity index (χ0n) is 16.3. The molecule has 0 spiro atoms. The van der Waals surface area contributed by atoms with Crippen LogP contribution in [0.3, 0.4) is 0 Å². The average molecular weight is 354 g/mol. The Morgan fingerprint density at radius 1 is 1.20 bits per heavy atom. The van der Waals surface area contributed by atoms with Crippen LogP contribution in [0.1, 0.15) is 53.5 Å². The molecule has 1 aromatic rings. The largest absolute Gasteiger partial charge is 0.351 e. The van der Waals surface area contributed by atoms with Crippen molar-refractivity contribution in [2.24, 2.45) is 11.8 Å². The number of carbonyl (C=O) groups excluding carboxylic acids is 1. The van der Waals surface area contributed by atoms with Crippen LogP contribution in [0.15, 0.2) is 18.2 Å². The van der Waals surface area contributed by atoms with E-state index >= 15 is 0 Å². The summed E-state index contributed by atoms with van der Waals surface area (Å²) in [4.78, 5) is 14.1. The first-order valence-corrected chi connectivity index (χ1v) is 9.08. The van der Waals surface area contributed by atoms with Gasteiger partial charge in [0, 0.05) is 24.7 Å². The van der Waals surface area contributed by atoms with Gasteiger partial charge in [-0.05, 0) is 43.4 Å². The number of halogens is 2. The number of benzene rings is 1. The summed E-state index contributed by atoms with van der Waals surface area (Å²) in [6, 6.07) is 3.17. The van der Waals surface area contributed by atoms with Crippen molar-refractivity contribution < 1.29 is 13.6 Å². The van der Waals surface area contributed by atoms with Gasteiger partial charge >= 0.3 is 0 Å². The Hall–Kier alpha value is -1.49. The number of amides is 1. The number of carbonyl (C=O) groups is 1. The molecule has 1 amide bonds. The van der Waals surface area contributed by atoms with Crippen molar-refractivity contribution in [1.29, 1.82) is 0 Å².